The number of likely N-dealkylation sites (N-methyl/N-ethyl adjacent to an activating group) is 1. The average molecular weight is 297 g/mol. The van der Waals surface area contributed by atoms with E-state index in [4.69, 9.17) is 4.74 Å². The lowest BCUT2D eigenvalue weighted by Crippen LogP contribution is -2.31. The maximum absolute atomic E-state index is 11.6. The lowest BCUT2D eigenvalue weighted by molar-refractivity contribution is 0.375. The molecule has 20 heavy (non-hydrogen) atoms. The number of nitrogens with one attached hydrogen (secondary N) is 1. The normalized spacial score (nSPS) is 20.5. The molecule has 1 unspecified atom stereocenters. The van der Waals surface area contributed by atoms with Crippen LogP contribution in [-0.4, -0.2) is 40.6 Å². The van der Waals surface area contributed by atoms with Gasteiger partial charge in [0.05, 0.1) is 18.6 Å². The SMILES string of the molecule is CNCC(c1ccc(OC)cc1)C1CCS(=O)(=O)CC1. The monoisotopic (exact) mass is 297 g/mol. The molecule has 0 bridgehead atoms. The molecule has 0 aromatic heterocycles. The summed E-state index contributed by atoms with van der Waals surface area (Å²) < 4.78 is 28.3. The zero-order chi connectivity index (χ0) is 14.6. The van der Waals surface area contributed by atoms with Crippen LogP contribution in [-0.2, 0) is 9.84 Å². The van der Waals surface area contributed by atoms with Gasteiger partial charge in [0.15, 0.2) is 0 Å². The Morgan fingerprint density at radius 2 is 1.85 bits per heavy atom. The summed E-state index contributed by atoms with van der Waals surface area (Å²) in [5, 5.41) is 3.23. The zero-order valence-corrected chi connectivity index (χ0v) is 12.9. The minimum absolute atomic E-state index is 0.327. The highest BCUT2D eigenvalue weighted by molar-refractivity contribution is 7.91. The molecular weight excluding hydrogens is 274 g/mol. The summed E-state index contributed by atoms with van der Waals surface area (Å²) in [6.07, 6.45) is 1.53. The minimum Gasteiger partial charge on any atom is -0.497 e. The molecule has 1 fully saturated rings. The van der Waals surface area contributed by atoms with Gasteiger partial charge in [-0.25, -0.2) is 8.42 Å². The van der Waals surface area contributed by atoms with Crippen molar-refractivity contribution in [1.82, 2.24) is 5.32 Å². The summed E-state index contributed by atoms with van der Waals surface area (Å²) in [7, 11) is 0.802. The van der Waals surface area contributed by atoms with Crippen molar-refractivity contribution in [1.29, 1.82) is 0 Å². The van der Waals surface area contributed by atoms with Crippen LogP contribution in [0.25, 0.3) is 0 Å². The molecule has 112 valence electrons. The molecule has 0 amide bonds. The predicted molar refractivity (Wildman–Crippen MR) is 81.0 cm³/mol. The second-order valence-corrected chi connectivity index (χ2v) is 7.73. The topological polar surface area (TPSA) is 55.4 Å². The Kier molecular flexibility index (Phi) is 5.05. The number of hydrogen-bond acceptors (Lipinski definition) is 4. The largest absolute Gasteiger partial charge is 0.497 e. The highest BCUT2D eigenvalue weighted by Gasteiger charge is 2.30. The molecule has 0 radical (unpaired) electrons. The van der Waals surface area contributed by atoms with Gasteiger partial charge < -0.3 is 10.1 Å². The molecule has 1 atom stereocenters. The van der Waals surface area contributed by atoms with Crippen LogP contribution in [0.2, 0.25) is 0 Å². The Morgan fingerprint density at radius 1 is 1.25 bits per heavy atom. The quantitative estimate of drug-likeness (QED) is 0.901. The van der Waals surface area contributed by atoms with Crippen molar-refractivity contribution in [3.63, 3.8) is 0 Å². The molecule has 2 rings (SSSR count). The van der Waals surface area contributed by atoms with E-state index in [9.17, 15) is 8.42 Å². The van der Waals surface area contributed by atoms with Gasteiger partial charge in [-0.15, -0.1) is 0 Å². The maximum atomic E-state index is 11.6. The number of methoxy groups -OCH3 is 1. The first-order valence-corrected chi connectivity index (χ1v) is 8.87. The Bertz CT molecular complexity index is 511. The van der Waals surface area contributed by atoms with Crippen LogP contribution in [0.4, 0.5) is 0 Å². The van der Waals surface area contributed by atoms with Crippen molar-refractivity contribution in [2.75, 3.05) is 32.2 Å². The van der Waals surface area contributed by atoms with E-state index in [2.05, 4.69) is 17.4 Å². The lowest BCUT2D eigenvalue weighted by Gasteiger charge is -2.30. The van der Waals surface area contributed by atoms with Gasteiger partial charge in [0, 0.05) is 6.54 Å². The Labute approximate surface area is 121 Å². The molecule has 4 nitrogen and oxygen atoms in total. The van der Waals surface area contributed by atoms with E-state index in [0.29, 0.717) is 23.3 Å². The van der Waals surface area contributed by atoms with Crippen molar-refractivity contribution in [2.45, 2.75) is 18.8 Å². The van der Waals surface area contributed by atoms with Gasteiger partial charge in [-0.3, -0.25) is 0 Å². The van der Waals surface area contributed by atoms with Crippen molar-refractivity contribution in [3.8, 4) is 5.75 Å². The van der Waals surface area contributed by atoms with E-state index in [1.54, 1.807) is 7.11 Å². The summed E-state index contributed by atoms with van der Waals surface area (Å²) >= 11 is 0. The first-order chi connectivity index (χ1) is 9.55. The molecule has 1 aliphatic heterocycles. The summed E-state index contributed by atoms with van der Waals surface area (Å²) in [5.74, 6) is 2.30. The minimum atomic E-state index is -2.80. The van der Waals surface area contributed by atoms with Crippen LogP contribution in [0.1, 0.15) is 24.3 Å². The van der Waals surface area contributed by atoms with Crippen LogP contribution in [0, 0.1) is 5.92 Å². The first kappa shape index (κ1) is 15.3. The van der Waals surface area contributed by atoms with Crippen molar-refractivity contribution < 1.29 is 13.2 Å². The fourth-order valence-electron chi connectivity index (χ4n) is 2.94. The van der Waals surface area contributed by atoms with E-state index in [1.807, 2.05) is 19.2 Å². The summed E-state index contributed by atoms with van der Waals surface area (Å²) in [4.78, 5) is 0. The highest BCUT2D eigenvalue weighted by atomic mass is 32.2. The molecule has 0 aliphatic carbocycles. The summed E-state index contributed by atoms with van der Waals surface area (Å²) in [5.41, 5.74) is 1.25. The number of rotatable bonds is 5. The smallest absolute Gasteiger partial charge is 0.150 e. The molecular formula is C15H23NO3S. The Balaban J connectivity index is 2.13. The van der Waals surface area contributed by atoms with E-state index >= 15 is 0 Å². The van der Waals surface area contributed by atoms with E-state index in [1.165, 1.54) is 5.56 Å². The molecule has 1 aromatic carbocycles. The van der Waals surface area contributed by atoms with Gasteiger partial charge in [0.1, 0.15) is 15.6 Å². The number of ether oxygens (including phenoxy) is 1. The van der Waals surface area contributed by atoms with E-state index < -0.39 is 9.84 Å². The zero-order valence-electron chi connectivity index (χ0n) is 12.1. The Hall–Kier alpha value is -1.07. The van der Waals surface area contributed by atoms with E-state index in [-0.39, 0.29) is 0 Å². The molecule has 0 saturated carbocycles. The van der Waals surface area contributed by atoms with Gasteiger partial charge in [0.2, 0.25) is 0 Å². The van der Waals surface area contributed by atoms with Gasteiger partial charge in [-0.1, -0.05) is 12.1 Å². The van der Waals surface area contributed by atoms with Crippen molar-refractivity contribution >= 4 is 9.84 Å². The number of benzene rings is 1. The van der Waals surface area contributed by atoms with Gasteiger partial charge in [-0.05, 0) is 49.4 Å². The molecule has 5 heteroatoms. The van der Waals surface area contributed by atoms with Gasteiger partial charge >= 0.3 is 0 Å². The molecule has 1 N–H and O–H groups in total. The van der Waals surface area contributed by atoms with Crippen LogP contribution >= 0.6 is 0 Å². The van der Waals surface area contributed by atoms with Crippen molar-refractivity contribution in [3.05, 3.63) is 29.8 Å². The standard InChI is InChI=1S/C15H23NO3S/c1-16-11-15(12-3-5-14(19-2)6-4-12)13-7-9-20(17,18)10-8-13/h3-6,13,15-16H,7-11H2,1-2H3. The number of hydrogen-bond donors (Lipinski definition) is 1. The molecule has 1 aromatic rings. The number of sulfone groups is 1. The fourth-order valence-corrected chi connectivity index (χ4v) is 4.47. The van der Waals surface area contributed by atoms with Crippen LogP contribution in [0.15, 0.2) is 24.3 Å². The average Bonchev–Trinajstić information content (AvgIpc) is 2.45. The van der Waals surface area contributed by atoms with Crippen molar-refractivity contribution in [2.24, 2.45) is 5.92 Å². The molecule has 1 heterocycles. The van der Waals surface area contributed by atoms with E-state index in [0.717, 1.165) is 25.1 Å². The third-order valence-corrected chi connectivity index (χ3v) is 5.85. The van der Waals surface area contributed by atoms with Gasteiger partial charge in [0.25, 0.3) is 0 Å². The first-order valence-electron chi connectivity index (χ1n) is 7.04. The highest BCUT2D eigenvalue weighted by Crippen LogP contribution is 2.33. The maximum Gasteiger partial charge on any atom is 0.150 e. The summed E-state index contributed by atoms with van der Waals surface area (Å²) in [6.45, 7) is 0.872. The second kappa shape index (κ2) is 6.59. The lowest BCUT2D eigenvalue weighted by atomic mass is 9.82. The molecule has 1 saturated heterocycles. The molecule has 1 aliphatic rings. The van der Waals surface area contributed by atoms with Crippen LogP contribution in [0.3, 0.4) is 0 Å². The second-order valence-electron chi connectivity index (χ2n) is 5.43. The van der Waals surface area contributed by atoms with Crippen LogP contribution in [0.5, 0.6) is 5.75 Å². The van der Waals surface area contributed by atoms with Crippen LogP contribution < -0.4 is 10.1 Å². The van der Waals surface area contributed by atoms with Gasteiger partial charge in [-0.2, -0.15) is 0 Å². The third kappa shape index (κ3) is 3.73. The third-order valence-electron chi connectivity index (χ3n) is 4.14. The summed E-state index contributed by atoms with van der Waals surface area (Å²) in [6, 6.07) is 8.11. The molecule has 0 spiro atoms. The fraction of sp³-hybridized carbons (Fsp3) is 0.600. The predicted octanol–water partition coefficient (Wildman–Crippen LogP) is 1.82. The Morgan fingerprint density at radius 3 is 2.35 bits per heavy atom.